The Morgan fingerprint density at radius 3 is 2.44 bits per heavy atom. The Kier molecular flexibility index (Phi) is 8.54. The number of carbonyl (C=O) groups is 3. The zero-order valence-electron chi connectivity index (χ0n) is 22.1. The van der Waals surface area contributed by atoms with E-state index < -0.39 is 5.54 Å². The number of urea groups is 1. The highest BCUT2D eigenvalue weighted by molar-refractivity contribution is 6.07. The van der Waals surface area contributed by atoms with Gasteiger partial charge in [0.2, 0.25) is 5.91 Å². The third-order valence-corrected chi connectivity index (χ3v) is 8.53. The average molecular weight is 499 g/mol. The summed E-state index contributed by atoms with van der Waals surface area (Å²) in [6.45, 7) is 4.89. The molecule has 2 atom stereocenters. The Balaban J connectivity index is 1.32. The van der Waals surface area contributed by atoms with E-state index in [1.165, 1.54) is 11.3 Å². The van der Waals surface area contributed by atoms with E-state index in [-0.39, 0.29) is 23.8 Å². The van der Waals surface area contributed by atoms with E-state index in [1.807, 2.05) is 29.2 Å². The van der Waals surface area contributed by atoms with Crippen molar-refractivity contribution in [3.05, 3.63) is 29.8 Å². The summed E-state index contributed by atoms with van der Waals surface area (Å²) in [5, 5.41) is 3.13. The first-order chi connectivity index (χ1) is 17.4. The summed E-state index contributed by atoms with van der Waals surface area (Å²) in [6, 6.07) is 8.03. The number of rotatable bonds is 10. The summed E-state index contributed by atoms with van der Waals surface area (Å²) in [7, 11) is 3.76. The molecule has 198 valence electrons. The second-order valence-electron chi connectivity index (χ2n) is 10.7. The molecule has 1 N–H and O–H groups in total. The largest absolute Gasteiger partial charge is 0.497 e. The van der Waals surface area contributed by atoms with Gasteiger partial charge in [-0.2, -0.15) is 0 Å². The molecule has 1 aromatic carbocycles. The zero-order valence-corrected chi connectivity index (χ0v) is 22.1. The highest BCUT2D eigenvalue weighted by Gasteiger charge is 2.55. The monoisotopic (exact) mass is 498 g/mol. The van der Waals surface area contributed by atoms with E-state index >= 15 is 0 Å². The van der Waals surface area contributed by atoms with Crippen LogP contribution in [0, 0.1) is 5.92 Å². The summed E-state index contributed by atoms with van der Waals surface area (Å²) in [5.74, 6) is 0.960. The van der Waals surface area contributed by atoms with Crippen LogP contribution in [0.4, 0.5) is 4.79 Å². The van der Waals surface area contributed by atoms with Crippen LogP contribution in [0.5, 0.6) is 5.75 Å². The first kappa shape index (κ1) is 26.5. The van der Waals surface area contributed by atoms with Gasteiger partial charge in [0, 0.05) is 32.1 Å². The summed E-state index contributed by atoms with van der Waals surface area (Å²) in [4.78, 5) is 45.2. The minimum atomic E-state index is -0.828. The Labute approximate surface area is 215 Å². The van der Waals surface area contributed by atoms with Crippen molar-refractivity contribution in [2.45, 2.75) is 76.3 Å². The van der Waals surface area contributed by atoms with E-state index in [0.717, 1.165) is 50.0 Å². The van der Waals surface area contributed by atoms with Crippen LogP contribution in [0.1, 0.15) is 63.9 Å². The van der Waals surface area contributed by atoms with E-state index in [2.05, 4.69) is 24.2 Å². The lowest BCUT2D eigenvalue weighted by Gasteiger charge is -2.41. The maximum Gasteiger partial charge on any atom is 0.325 e. The molecule has 0 radical (unpaired) electrons. The standard InChI is InChI=1S/C28H42N4O4/c1-4-16-28(26(34)32(27(35)29-28)20-15-23-6-5-17-30(23)2)22-13-18-31(19-14-22)25(33)12-9-21-7-10-24(36-3)11-8-21/h7-8,10-11,22-23H,4-6,9,12-20H2,1-3H3,(H,29,35). The van der Waals surface area contributed by atoms with Crippen LogP contribution in [0.25, 0.3) is 0 Å². The molecule has 3 heterocycles. The number of nitrogens with one attached hydrogen (secondary N) is 1. The van der Waals surface area contributed by atoms with Gasteiger partial charge in [0.15, 0.2) is 0 Å². The number of hydrogen-bond acceptors (Lipinski definition) is 5. The third-order valence-electron chi connectivity index (χ3n) is 8.53. The highest BCUT2D eigenvalue weighted by atomic mass is 16.5. The van der Waals surface area contributed by atoms with E-state index in [9.17, 15) is 14.4 Å². The lowest BCUT2D eigenvalue weighted by Crippen LogP contribution is -2.56. The molecule has 8 nitrogen and oxygen atoms in total. The SMILES string of the molecule is CCCC1(C2CCN(C(=O)CCc3ccc(OC)cc3)CC2)NC(=O)N(CCC2CCCN2C)C1=O. The van der Waals surface area contributed by atoms with Crippen LogP contribution < -0.4 is 10.1 Å². The molecule has 0 spiro atoms. The van der Waals surface area contributed by atoms with Crippen LogP contribution in [0.2, 0.25) is 0 Å². The van der Waals surface area contributed by atoms with Crippen LogP contribution in [0.15, 0.2) is 24.3 Å². The Hall–Kier alpha value is -2.61. The molecule has 4 rings (SSSR count). The smallest absolute Gasteiger partial charge is 0.325 e. The molecule has 8 heteroatoms. The van der Waals surface area contributed by atoms with Crippen molar-refractivity contribution < 1.29 is 19.1 Å². The molecule has 2 unspecified atom stereocenters. The van der Waals surface area contributed by atoms with Gasteiger partial charge in [-0.1, -0.05) is 25.5 Å². The average Bonchev–Trinajstić information content (AvgIpc) is 3.41. The molecule has 1 aromatic rings. The van der Waals surface area contributed by atoms with Gasteiger partial charge < -0.3 is 19.9 Å². The molecule has 3 fully saturated rings. The predicted octanol–water partition coefficient (Wildman–Crippen LogP) is 3.44. The molecule has 4 amide bonds. The minimum Gasteiger partial charge on any atom is -0.497 e. The van der Waals surface area contributed by atoms with Crippen molar-refractivity contribution in [3.8, 4) is 5.75 Å². The Morgan fingerprint density at radius 2 is 1.83 bits per heavy atom. The normalized spacial score (nSPS) is 25.5. The Morgan fingerprint density at radius 1 is 1.11 bits per heavy atom. The lowest BCUT2D eigenvalue weighted by molar-refractivity contribution is -0.136. The van der Waals surface area contributed by atoms with Crippen molar-refractivity contribution in [2.24, 2.45) is 5.92 Å². The topological polar surface area (TPSA) is 82.2 Å². The Bertz CT molecular complexity index is 928. The maximum absolute atomic E-state index is 13.7. The van der Waals surface area contributed by atoms with Crippen LogP contribution in [-0.2, 0) is 16.0 Å². The number of methoxy groups -OCH3 is 1. The minimum absolute atomic E-state index is 0.0543. The van der Waals surface area contributed by atoms with Crippen LogP contribution in [-0.4, -0.2) is 84.5 Å². The summed E-state index contributed by atoms with van der Waals surface area (Å²) >= 11 is 0. The van der Waals surface area contributed by atoms with Gasteiger partial charge >= 0.3 is 6.03 Å². The predicted molar refractivity (Wildman–Crippen MR) is 139 cm³/mol. The van der Waals surface area contributed by atoms with Crippen molar-refractivity contribution in [3.63, 3.8) is 0 Å². The molecule has 0 saturated carbocycles. The number of piperidine rings is 1. The molecular weight excluding hydrogens is 456 g/mol. The highest BCUT2D eigenvalue weighted by Crippen LogP contribution is 2.37. The lowest BCUT2D eigenvalue weighted by atomic mass is 9.74. The fraction of sp³-hybridized carbons (Fsp3) is 0.679. The number of nitrogens with zero attached hydrogens (tertiary/aromatic N) is 3. The van der Waals surface area contributed by atoms with Crippen molar-refractivity contribution in [2.75, 3.05) is 40.3 Å². The van der Waals surface area contributed by atoms with E-state index in [4.69, 9.17) is 4.74 Å². The number of hydrogen-bond donors (Lipinski definition) is 1. The quantitative estimate of drug-likeness (QED) is 0.500. The molecule has 0 bridgehead atoms. The molecule has 36 heavy (non-hydrogen) atoms. The van der Waals surface area contributed by atoms with Crippen molar-refractivity contribution >= 4 is 17.8 Å². The number of aryl methyl sites for hydroxylation is 1. The number of likely N-dealkylation sites (tertiary alicyclic amines) is 2. The van der Waals surface area contributed by atoms with Gasteiger partial charge in [0.25, 0.3) is 5.91 Å². The first-order valence-corrected chi connectivity index (χ1v) is 13.6. The number of benzene rings is 1. The summed E-state index contributed by atoms with van der Waals surface area (Å²) < 4.78 is 5.20. The van der Waals surface area contributed by atoms with Crippen molar-refractivity contribution in [1.29, 1.82) is 0 Å². The zero-order chi connectivity index (χ0) is 25.7. The summed E-state index contributed by atoms with van der Waals surface area (Å²) in [6.07, 6.45) is 7.25. The van der Waals surface area contributed by atoms with E-state index in [0.29, 0.717) is 44.9 Å². The second kappa shape index (κ2) is 11.6. The molecule has 3 aliphatic rings. The number of imide groups is 1. The maximum atomic E-state index is 13.7. The van der Waals surface area contributed by atoms with Gasteiger partial charge in [-0.05, 0) is 82.2 Å². The number of carbonyl (C=O) groups excluding carboxylic acids is 3. The first-order valence-electron chi connectivity index (χ1n) is 13.6. The van der Waals surface area contributed by atoms with Gasteiger partial charge in [-0.3, -0.25) is 14.5 Å². The molecule has 3 saturated heterocycles. The van der Waals surface area contributed by atoms with Gasteiger partial charge in [0.1, 0.15) is 11.3 Å². The van der Waals surface area contributed by atoms with E-state index in [1.54, 1.807) is 7.11 Å². The fourth-order valence-corrected chi connectivity index (χ4v) is 6.34. The molecule has 0 aromatic heterocycles. The fourth-order valence-electron chi connectivity index (χ4n) is 6.34. The van der Waals surface area contributed by atoms with Gasteiger partial charge in [0.05, 0.1) is 7.11 Å². The molecule has 3 aliphatic heterocycles. The van der Waals surface area contributed by atoms with Crippen LogP contribution >= 0.6 is 0 Å². The van der Waals surface area contributed by atoms with Gasteiger partial charge in [-0.15, -0.1) is 0 Å². The number of ether oxygens (including phenoxy) is 1. The van der Waals surface area contributed by atoms with Crippen LogP contribution in [0.3, 0.4) is 0 Å². The van der Waals surface area contributed by atoms with Gasteiger partial charge in [-0.25, -0.2) is 4.79 Å². The summed E-state index contributed by atoms with van der Waals surface area (Å²) in [5.41, 5.74) is 0.287. The molecule has 0 aliphatic carbocycles. The number of amides is 4. The molecular formula is C28H42N4O4. The second-order valence-corrected chi connectivity index (χ2v) is 10.7. The van der Waals surface area contributed by atoms with Crippen molar-refractivity contribution in [1.82, 2.24) is 20.0 Å². The third kappa shape index (κ3) is 5.53.